The number of piperidine rings is 1. The second kappa shape index (κ2) is 8.74. The van der Waals surface area contributed by atoms with Gasteiger partial charge in [0.2, 0.25) is 5.88 Å². The number of halogens is 1. The van der Waals surface area contributed by atoms with Crippen LogP contribution in [0.25, 0.3) is 11.3 Å². The molecule has 3 rings (SSSR count). The maximum atomic E-state index is 14.1. The van der Waals surface area contributed by atoms with Crippen molar-refractivity contribution in [3.63, 3.8) is 0 Å². The molecule has 1 aliphatic rings. The van der Waals surface area contributed by atoms with Crippen molar-refractivity contribution < 1.29 is 13.9 Å². The standard InChI is InChI=1S/C21H22FN5O2/c1-12(24-2)20-18(25-11-23)10-17(27-21(20)28)14-8-7-13(22)9-15(14)16-5-4-6-19(26-16)29-3/h4-9,17H,2,10-11,23H2,1,3H3,(H,27,28)/b20-12+,25-18-. The lowest BCUT2D eigenvalue weighted by molar-refractivity contribution is -0.118. The summed E-state index contributed by atoms with van der Waals surface area (Å²) in [6.45, 7) is 5.22. The number of carbonyl (C=O) groups is 1. The van der Waals surface area contributed by atoms with Crippen molar-refractivity contribution in [3.05, 3.63) is 59.0 Å². The lowest BCUT2D eigenvalue weighted by Gasteiger charge is -2.29. The molecule has 2 aromatic rings. The minimum atomic E-state index is -0.433. The Labute approximate surface area is 168 Å². The second-order valence-electron chi connectivity index (χ2n) is 6.43. The molecule has 1 unspecified atom stereocenters. The highest BCUT2D eigenvalue weighted by Gasteiger charge is 2.32. The summed E-state index contributed by atoms with van der Waals surface area (Å²) in [5.74, 6) is -0.320. The van der Waals surface area contributed by atoms with Gasteiger partial charge in [-0.15, -0.1) is 0 Å². The highest BCUT2D eigenvalue weighted by Crippen LogP contribution is 2.34. The first-order chi connectivity index (χ1) is 14.0. The fraction of sp³-hybridized carbons (Fsp3) is 0.238. The molecule has 1 atom stereocenters. The predicted octanol–water partition coefficient (Wildman–Crippen LogP) is 2.79. The number of hydrogen-bond acceptors (Lipinski definition) is 6. The number of allylic oxidation sites excluding steroid dienone is 1. The van der Waals surface area contributed by atoms with Crippen LogP contribution in [-0.4, -0.2) is 37.1 Å². The van der Waals surface area contributed by atoms with E-state index in [9.17, 15) is 9.18 Å². The van der Waals surface area contributed by atoms with Gasteiger partial charge in [0, 0.05) is 18.1 Å². The molecule has 3 N–H and O–H groups in total. The molecule has 1 aliphatic heterocycles. The average Bonchev–Trinajstić information content (AvgIpc) is 2.73. The molecule has 0 saturated carbocycles. The first-order valence-corrected chi connectivity index (χ1v) is 9.01. The molecule has 0 spiro atoms. The number of nitrogens with zero attached hydrogens (tertiary/aromatic N) is 3. The van der Waals surface area contributed by atoms with E-state index in [0.717, 1.165) is 0 Å². The van der Waals surface area contributed by atoms with Gasteiger partial charge in [-0.2, -0.15) is 0 Å². The summed E-state index contributed by atoms with van der Waals surface area (Å²) in [5, 5.41) is 2.96. The Hall–Kier alpha value is -3.39. The smallest absolute Gasteiger partial charge is 0.255 e. The number of hydrogen-bond donors (Lipinski definition) is 2. The number of ether oxygens (including phenoxy) is 1. The summed E-state index contributed by atoms with van der Waals surface area (Å²) in [6.07, 6.45) is 0.383. The molecule has 1 aromatic heterocycles. The Morgan fingerprint density at radius 2 is 2.21 bits per heavy atom. The third kappa shape index (κ3) is 4.22. The van der Waals surface area contributed by atoms with Gasteiger partial charge in [0.15, 0.2) is 0 Å². The third-order valence-corrected chi connectivity index (χ3v) is 4.70. The number of benzene rings is 1. The molecule has 150 valence electrons. The number of methoxy groups -OCH3 is 1. The first kappa shape index (κ1) is 20.3. The minimum Gasteiger partial charge on any atom is -0.481 e. The topological polar surface area (TPSA) is 102 Å². The summed E-state index contributed by atoms with van der Waals surface area (Å²) in [6, 6.07) is 9.20. The largest absolute Gasteiger partial charge is 0.481 e. The lowest BCUT2D eigenvalue weighted by Crippen LogP contribution is -2.40. The minimum absolute atomic E-state index is 0.0387. The first-order valence-electron chi connectivity index (χ1n) is 9.01. The molecule has 1 saturated heterocycles. The van der Waals surface area contributed by atoms with Crippen molar-refractivity contribution in [3.8, 4) is 17.1 Å². The van der Waals surface area contributed by atoms with Crippen LogP contribution in [0.3, 0.4) is 0 Å². The molecular weight excluding hydrogens is 373 g/mol. The van der Waals surface area contributed by atoms with Crippen molar-refractivity contribution in [2.45, 2.75) is 19.4 Å². The number of aromatic nitrogens is 1. The maximum absolute atomic E-state index is 14.1. The molecule has 0 aliphatic carbocycles. The van der Waals surface area contributed by atoms with Gasteiger partial charge < -0.3 is 15.8 Å². The summed E-state index contributed by atoms with van der Waals surface area (Å²) in [5.41, 5.74) is 8.80. The fourth-order valence-corrected chi connectivity index (χ4v) is 3.33. The van der Waals surface area contributed by atoms with Gasteiger partial charge in [-0.25, -0.2) is 9.37 Å². The second-order valence-corrected chi connectivity index (χ2v) is 6.43. The van der Waals surface area contributed by atoms with Gasteiger partial charge in [0.1, 0.15) is 5.82 Å². The van der Waals surface area contributed by atoms with E-state index in [4.69, 9.17) is 10.5 Å². The van der Waals surface area contributed by atoms with E-state index in [0.29, 0.717) is 46.1 Å². The number of nitrogens with two attached hydrogens (primary N) is 1. The summed E-state index contributed by atoms with van der Waals surface area (Å²) < 4.78 is 19.2. The monoisotopic (exact) mass is 395 g/mol. The van der Waals surface area contributed by atoms with Crippen LogP contribution >= 0.6 is 0 Å². The number of rotatable bonds is 5. The molecule has 0 bridgehead atoms. The summed E-state index contributed by atoms with van der Waals surface area (Å²) in [7, 11) is 1.51. The van der Waals surface area contributed by atoms with Gasteiger partial charge in [-0.05, 0) is 37.4 Å². The van der Waals surface area contributed by atoms with E-state index < -0.39 is 11.9 Å². The summed E-state index contributed by atoms with van der Waals surface area (Å²) in [4.78, 5) is 25.3. The Balaban J connectivity index is 2.09. The van der Waals surface area contributed by atoms with Crippen LogP contribution in [-0.2, 0) is 4.79 Å². The van der Waals surface area contributed by atoms with Crippen LogP contribution in [0.2, 0.25) is 0 Å². The van der Waals surface area contributed by atoms with Gasteiger partial charge in [-0.3, -0.25) is 14.8 Å². The van der Waals surface area contributed by atoms with E-state index in [1.807, 2.05) is 0 Å². The van der Waals surface area contributed by atoms with Crippen molar-refractivity contribution >= 4 is 18.3 Å². The SMILES string of the molecule is C=N/C(C)=C1/C(=O)NC(c2ccc(F)cc2-c2cccc(OC)n2)C/C1=N/CN. The molecule has 8 heteroatoms. The average molecular weight is 395 g/mol. The highest BCUT2D eigenvalue weighted by atomic mass is 19.1. The quantitative estimate of drug-likeness (QED) is 0.600. The molecule has 0 radical (unpaired) electrons. The van der Waals surface area contributed by atoms with Gasteiger partial charge >= 0.3 is 0 Å². The maximum Gasteiger partial charge on any atom is 0.255 e. The van der Waals surface area contributed by atoms with Crippen molar-refractivity contribution in [2.24, 2.45) is 15.7 Å². The van der Waals surface area contributed by atoms with Crippen LogP contribution < -0.4 is 15.8 Å². The number of amides is 1. The van der Waals surface area contributed by atoms with E-state index in [1.54, 1.807) is 31.2 Å². The van der Waals surface area contributed by atoms with Crippen LogP contribution in [0.15, 0.2) is 57.7 Å². The molecule has 7 nitrogen and oxygen atoms in total. The molecular formula is C21H22FN5O2. The Morgan fingerprint density at radius 1 is 1.41 bits per heavy atom. The van der Waals surface area contributed by atoms with Crippen molar-refractivity contribution in [1.82, 2.24) is 10.3 Å². The van der Waals surface area contributed by atoms with Gasteiger partial charge in [0.05, 0.1) is 42.5 Å². The number of carbonyl (C=O) groups excluding carboxylic acids is 1. The number of aliphatic imine (C=N–C) groups is 2. The van der Waals surface area contributed by atoms with Crippen molar-refractivity contribution in [2.75, 3.05) is 13.8 Å². The molecule has 1 amide bonds. The molecule has 1 fully saturated rings. The zero-order valence-electron chi connectivity index (χ0n) is 16.3. The van der Waals surface area contributed by atoms with E-state index in [2.05, 4.69) is 27.0 Å². The highest BCUT2D eigenvalue weighted by molar-refractivity contribution is 6.24. The lowest BCUT2D eigenvalue weighted by atomic mass is 9.88. The Morgan fingerprint density at radius 3 is 2.90 bits per heavy atom. The summed E-state index contributed by atoms with van der Waals surface area (Å²) >= 11 is 0. The van der Waals surface area contributed by atoms with E-state index >= 15 is 0 Å². The molecule has 29 heavy (non-hydrogen) atoms. The number of pyridine rings is 1. The van der Waals surface area contributed by atoms with Gasteiger partial charge in [-0.1, -0.05) is 12.1 Å². The van der Waals surface area contributed by atoms with E-state index in [1.165, 1.54) is 19.2 Å². The molecule has 1 aromatic carbocycles. The third-order valence-electron chi connectivity index (χ3n) is 4.70. The van der Waals surface area contributed by atoms with Crippen LogP contribution in [0.4, 0.5) is 4.39 Å². The van der Waals surface area contributed by atoms with Crippen molar-refractivity contribution in [1.29, 1.82) is 0 Å². The Bertz CT molecular complexity index is 1020. The normalized spacial score (nSPS) is 19.7. The van der Waals surface area contributed by atoms with Crippen LogP contribution in [0.5, 0.6) is 5.88 Å². The Kier molecular flexibility index (Phi) is 6.13. The van der Waals surface area contributed by atoms with E-state index in [-0.39, 0.29) is 12.6 Å². The van der Waals surface area contributed by atoms with Crippen LogP contribution in [0, 0.1) is 5.82 Å². The number of nitrogens with one attached hydrogen (secondary N) is 1. The predicted molar refractivity (Wildman–Crippen MR) is 110 cm³/mol. The zero-order valence-corrected chi connectivity index (χ0v) is 16.3. The van der Waals surface area contributed by atoms with Crippen LogP contribution in [0.1, 0.15) is 24.9 Å². The molecule has 2 heterocycles. The fourth-order valence-electron chi connectivity index (χ4n) is 3.33. The van der Waals surface area contributed by atoms with Gasteiger partial charge in [0.25, 0.3) is 5.91 Å². The zero-order chi connectivity index (χ0) is 21.0.